The number of Topliss-reactive ketones (excluding diaryl/α,β-unsaturated/α-hetero) is 1. The number of hydrogen-bond donors (Lipinski definition) is 0. The van der Waals surface area contributed by atoms with E-state index in [1.54, 1.807) is 0 Å². The molecule has 0 radical (unpaired) electrons. The Bertz CT molecular complexity index is 711. The van der Waals surface area contributed by atoms with Crippen LogP contribution in [0.2, 0.25) is 18.1 Å². The van der Waals surface area contributed by atoms with E-state index >= 15 is 0 Å². The Morgan fingerprint density at radius 1 is 1.15 bits per heavy atom. The number of allylic oxidation sites excluding steroid dienone is 4. The van der Waals surface area contributed by atoms with Crippen LogP contribution in [0.25, 0.3) is 0 Å². The highest BCUT2D eigenvalue weighted by atomic mass is 28.4. The Hall–Kier alpha value is -1.45. The Morgan fingerprint density at radius 2 is 1.85 bits per heavy atom. The molecule has 3 atom stereocenters. The van der Waals surface area contributed by atoms with E-state index in [9.17, 15) is 4.79 Å². The SMILES string of the molecule is CC(C)(C)[Si](C)(C)OC[C@@H]1CC(c2ccccc2)C(=O)[C@@]12C=CC=CC2. The predicted molar refractivity (Wildman–Crippen MR) is 111 cm³/mol. The van der Waals surface area contributed by atoms with E-state index in [1.165, 1.54) is 0 Å². The zero-order chi connectivity index (χ0) is 19.0. The third-order valence-electron chi connectivity index (χ3n) is 6.77. The van der Waals surface area contributed by atoms with Crippen LogP contribution < -0.4 is 0 Å². The van der Waals surface area contributed by atoms with Gasteiger partial charge in [0.2, 0.25) is 0 Å². The monoisotopic (exact) mass is 368 g/mol. The van der Waals surface area contributed by atoms with Gasteiger partial charge in [-0.2, -0.15) is 0 Å². The molecule has 0 amide bonds. The van der Waals surface area contributed by atoms with Gasteiger partial charge in [0.1, 0.15) is 0 Å². The van der Waals surface area contributed by atoms with Gasteiger partial charge in [-0.15, -0.1) is 0 Å². The van der Waals surface area contributed by atoms with Crippen molar-refractivity contribution in [2.45, 2.75) is 57.7 Å². The van der Waals surface area contributed by atoms with E-state index in [4.69, 9.17) is 4.43 Å². The molecule has 2 aliphatic carbocycles. The topological polar surface area (TPSA) is 26.3 Å². The zero-order valence-electron chi connectivity index (χ0n) is 16.8. The van der Waals surface area contributed by atoms with E-state index in [-0.39, 0.29) is 16.9 Å². The number of benzene rings is 1. The van der Waals surface area contributed by atoms with Gasteiger partial charge < -0.3 is 4.43 Å². The highest BCUT2D eigenvalue weighted by Gasteiger charge is 2.53. The molecule has 1 unspecified atom stereocenters. The molecule has 2 nitrogen and oxygen atoms in total. The number of carbonyl (C=O) groups excluding carboxylic acids is 1. The lowest BCUT2D eigenvalue weighted by Gasteiger charge is -2.39. The lowest BCUT2D eigenvalue weighted by molar-refractivity contribution is -0.126. The molecule has 1 fully saturated rings. The lowest BCUT2D eigenvalue weighted by Crippen LogP contribution is -2.44. The maximum atomic E-state index is 13.5. The summed E-state index contributed by atoms with van der Waals surface area (Å²) >= 11 is 0. The van der Waals surface area contributed by atoms with Gasteiger partial charge in [0.05, 0.1) is 5.41 Å². The van der Waals surface area contributed by atoms with Gasteiger partial charge in [0.25, 0.3) is 0 Å². The number of hydrogen-bond acceptors (Lipinski definition) is 2. The maximum absolute atomic E-state index is 13.5. The van der Waals surface area contributed by atoms with Gasteiger partial charge in [-0.1, -0.05) is 75.4 Å². The Balaban J connectivity index is 1.86. The van der Waals surface area contributed by atoms with Crippen LogP contribution >= 0.6 is 0 Å². The minimum absolute atomic E-state index is 0.0136. The van der Waals surface area contributed by atoms with Gasteiger partial charge in [-0.25, -0.2) is 0 Å². The molecule has 1 aromatic rings. The van der Waals surface area contributed by atoms with Crippen LogP contribution in [0.3, 0.4) is 0 Å². The van der Waals surface area contributed by atoms with Crippen molar-refractivity contribution >= 4 is 14.1 Å². The van der Waals surface area contributed by atoms with E-state index in [1.807, 2.05) is 24.3 Å². The van der Waals surface area contributed by atoms with Crippen LogP contribution in [0.4, 0.5) is 0 Å². The molecule has 3 rings (SSSR count). The van der Waals surface area contributed by atoms with Crippen LogP contribution in [0, 0.1) is 11.3 Å². The van der Waals surface area contributed by atoms with E-state index in [0.717, 1.165) is 18.4 Å². The second-order valence-corrected chi connectivity index (χ2v) is 14.2. The molecule has 0 aliphatic heterocycles. The van der Waals surface area contributed by atoms with Gasteiger partial charge in [-0.3, -0.25) is 4.79 Å². The molecule has 1 spiro atoms. The summed E-state index contributed by atoms with van der Waals surface area (Å²) in [6, 6.07) is 10.3. The third-order valence-corrected chi connectivity index (χ3v) is 11.3. The van der Waals surface area contributed by atoms with E-state index in [0.29, 0.717) is 12.4 Å². The predicted octanol–water partition coefficient (Wildman–Crippen LogP) is 5.88. The minimum atomic E-state index is -1.83. The third kappa shape index (κ3) is 3.39. The van der Waals surface area contributed by atoms with Crippen molar-refractivity contribution in [2.75, 3.05) is 6.61 Å². The molecular weight excluding hydrogens is 336 g/mol. The Labute approximate surface area is 159 Å². The molecule has 0 bridgehead atoms. The van der Waals surface area contributed by atoms with Crippen molar-refractivity contribution in [3.63, 3.8) is 0 Å². The molecule has 0 aromatic heterocycles. The fourth-order valence-corrected chi connectivity index (χ4v) is 5.02. The van der Waals surface area contributed by atoms with E-state index in [2.05, 4.69) is 64.2 Å². The number of rotatable bonds is 4. The standard InChI is InChI=1S/C23H32O2Si/c1-22(2,3)26(4,5)25-17-19-16-20(18-12-8-6-9-13-18)21(24)23(19)14-10-7-11-15-23/h6-14,19-20H,15-17H2,1-5H3/t19-,20?,23+/m0/s1. The van der Waals surface area contributed by atoms with Gasteiger partial charge in [0, 0.05) is 12.5 Å². The van der Waals surface area contributed by atoms with E-state index < -0.39 is 13.7 Å². The average Bonchev–Trinajstić information content (AvgIpc) is 2.86. The first-order valence-corrected chi connectivity index (χ1v) is 12.7. The summed E-state index contributed by atoms with van der Waals surface area (Å²) < 4.78 is 6.57. The Morgan fingerprint density at radius 3 is 2.42 bits per heavy atom. The number of carbonyl (C=O) groups is 1. The van der Waals surface area contributed by atoms with Crippen molar-refractivity contribution in [2.24, 2.45) is 11.3 Å². The molecule has 26 heavy (non-hydrogen) atoms. The first-order chi connectivity index (χ1) is 12.2. The molecule has 3 heteroatoms. The first kappa shape index (κ1) is 19.3. The summed E-state index contributed by atoms with van der Waals surface area (Å²) in [5.74, 6) is 0.601. The molecule has 0 saturated heterocycles. The maximum Gasteiger partial charge on any atom is 0.191 e. The summed E-state index contributed by atoms with van der Waals surface area (Å²) in [6.45, 7) is 12.1. The summed E-state index contributed by atoms with van der Waals surface area (Å²) in [5.41, 5.74) is 0.757. The molecule has 0 N–H and O–H groups in total. The van der Waals surface area contributed by atoms with Gasteiger partial charge in [-0.05, 0) is 42.5 Å². The molecule has 0 heterocycles. The minimum Gasteiger partial charge on any atom is -0.417 e. The first-order valence-electron chi connectivity index (χ1n) is 9.75. The molecule has 140 valence electrons. The molecular formula is C23H32O2Si. The van der Waals surface area contributed by atoms with Crippen molar-refractivity contribution in [1.29, 1.82) is 0 Å². The fourth-order valence-electron chi connectivity index (χ4n) is 3.96. The zero-order valence-corrected chi connectivity index (χ0v) is 17.8. The van der Waals surface area contributed by atoms with Crippen molar-refractivity contribution in [1.82, 2.24) is 0 Å². The van der Waals surface area contributed by atoms with Gasteiger partial charge >= 0.3 is 0 Å². The highest BCUT2D eigenvalue weighted by Crippen LogP contribution is 2.52. The second-order valence-electron chi connectivity index (χ2n) is 9.36. The molecule has 1 saturated carbocycles. The number of ketones is 1. The summed E-state index contributed by atoms with van der Waals surface area (Å²) in [7, 11) is -1.83. The van der Waals surface area contributed by atoms with Gasteiger partial charge in [0.15, 0.2) is 14.1 Å². The summed E-state index contributed by atoms with van der Waals surface area (Å²) in [4.78, 5) is 13.5. The van der Waals surface area contributed by atoms with Crippen LogP contribution in [0.15, 0.2) is 54.6 Å². The van der Waals surface area contributed by atoms with Crippen LogP contribution in [-0.2, 0) is 9.22 Å². The second kappa shape index (κ2) is 6.93. The smallest absolute Gasteiger partial charge is 0.191 e. The van der Waals surface area contributed by atoms with Crippen molar-refractivity contribution in [3.05, 3.63) is 60.2 Å². The quantitative estimate of drug-likeness (QED) is 0.620. The normalized spacial score (nSPS) is 28.9. The van der Waals surface area contributed by atoms with Crippen LogP contribution in [0.1, 0.15) is 45.1 Å². The summed E-state index contributed by atoms with van der Waals surface area (Å²) in [5, 5.41) is 0.184. The van der Waals surface area contributed by atoms with Crippen molar-refractivity contribution < 1.29 is 9.22 Å². The molecule has 1 aromatic carbocycles. The molecule has 2 aliphatic rings. The Kier molecular flexibility index (Phi) is 5.15. The van der Waals surface area contributed by atoms with Crippen molar-refractivity contribution in [3.8, 4) is 0 Å². The average molecular weight is 369 g/mol. The van der Waals surface area contributed by atoms with Crippen LogP contribution in [0.5, 0.6) is 0 Å². The fraction of sp³-hybridized carbons (Fsp3) is 0.522. The highest BCUT2D eigenvalue weighted by molar-refractivity contribution is 6.74. The van der Waals surface area contributed by atoms with Crippen LogP contribution in [-0.4, -0.2) is 20.7 Å². The summed E-state index contributed by atoms with van der Waals surface area (Å²) in [6.07, 6.45) is 10.1. The lowest BCUT2D eigenvalue weighted by atomic mass is 9.72. The largest absolute Gasteiger partial charge is 0.417 e.